The molecule has 0 spiro atoms. The lowest BCUT2D eigenvalue weighted by Gasteiger charge is -2.31. The van der Waals surface area contributed by atoms with Gasteiger partial charge in [-0.1, -0.05) is 96.8 Å². The van der Waals surface area contributed by atoms with Gasteiger partial charge in [0.15, 0.2) is 0 Å². The van der Waals surface area contributed by atoms with Gasteiger partial charge in [-0.3, -0.25) is 0 Å². The molecule has 1 fully saturated rings. The zero-order chi connectivity index (χ0) is 17.5. The Morgan fingerprint density at radius 1 is 0.750 bits per heavy atom. The molecule has 1 radical (unpaired) electrons. The van der Waals surface area contributed by atoms with E-state index in [1.54, 1.807) is 0 Å². The van der Waals surface area contributed by atoms with E-state index in [-0.39, 0.29) is 0 Å². The highest BCUT2D eigenvalue weighted by molar-refractivity contribution is 6.48. The van der Waals surface area contributed by atoms with Crippen molar-refractivity contribution in [3.05, 3.63) is 0 Å². The van der Waals surface area contributed by atoms with Gasteiger partial charge < -0.3 is 4.43 Å². The van der Waals surface area contributed by atoms with Gasteiger partial charge in [0.2, 0.25) is 9.04 Å². The van der Waals surface area contributed by atoms with Gasteiger partial charge in [0.05, 0.1) is 0 Å². The van der Waals surface area contributed by atoms with E-state index >= 15 is 0 Å². The van der Waals surface area contributed by atoms with Gasteiger partial charge in [-0.2, -0.15) is 0 Å². The Morgan fingerprint density at radius 2 is 1.25 bits per heavy atom. The first-order chi connectivity index (χ1) is 11.7. The van der Waals surface area contributed by atoms with Crippen molar-refractivity contribution in [2.24, 2.45) is 5.92 Å². The maximum absolute atomic E-state index is 6.38. The van der Waals surface area contributed by atoms with Crippen molar-refractivity contribution in [1.82, 2.24) is 0 Å². The number of unbranched alkanes of at least 4 members (excludes halogenated alkanes) is 10. The highest BCUT2D eigenvalue weighted by atomic mass is 28.3. The van der Waals surface area contributed by atoms with E-state index in [0.29, 0.717) is 6.10 Å². The van der Waals surface area contributed by atoms with Gasteiger partial charge in [0.1, 0.15) is 0 Å². The molecule has 0 heterocycles. The summed E-state index contributed by atoms with van der Waals surface area (Å²) >= 11 is 0. The van der Waals surface area contributed by atoms with E-state index in [0.717, 1.165) is 5.92 Å². The molecule has 1 aliphatic rings. The summed E-state index contributed by atoms with van der Waals surface area (Å²) in [6, 6.07) is 0. The molecule has 0 aromatic rings. The minimum atomic E-state index is -0.545. The fourth-order valence-electron chi connectivity index (χ4n) is 4.21. The van der Waals surface area contributed by atoms with Crippen LogP contribution in [0.3, 0.4) is 0 Å². The molecule has 1 unspecified atom stereocenters. The molecule has 0 bridgehead atoms. The molecule has 1 nitrogen and oxygen atoms in total. The normalized spacial score (nSPS) is 17.5. The molecule has 0 N–H and O–H groups in total. The van der Waals surface area contributed by atoms with Gasteiger partial charge in [-0.25, -0.2) is 0 Å². The highest BCUT2D eigenvalue weighted by Crippen LogP contribution is 2.31. The third-order valence-corrected chi connectivity index (χ3v) is 6.43. The van der Waals surface area contributed by atoms with Crippen LogP contribution in [0.2, 0.25) is 13.1 Å². The fourth-order valence-corrected chi connectivity index (χ4v) is 5.13. The average Bonchev–Trinajstić information content (AvgIpc) is 2.59. The summed E-state index contributed by atoms with van der Waals surface area (Å²) in [6.45, 7) is 6.91. The van der Waals surface area contributed by atoms with Crippen molar-refractivity contribution >= 4 is 9.04 Å². The Labute approximate surface area is 155 Å². The molecule has 143 valence electrons. The van der Waals surface area contributed by atoms with E-state index in [1.165, 1.54) is 109 Å². The van der Waals surface area contributed by atoms with Gasteiger partial charge >= 0.3 is 0 Å². The Balaban J connectivity index is 2.00. The summed E-state index contributed by atoms with van der Waals surface area (Å²) in [5, 5.41) is 0. The predicted octanol–water partition coefficient (Wildman–Crippen LogP) is 7.90. The molecule has 24 heavy (non-hydrogen) atoms. The van der Waals surface area contributed by atoms with Crippen molar-refractivity contribution in [2.75, 3.05) is 0 Å². The second-order valence-electron chi connectivity index (χ2n) is 8.29. The lowest BCUT2D eigenvalue weighted by Crippen LogP contribution is -2.30. The van der Waals surface area contributed by atoms with Gasteiger partial charge in [-0.15, -0.1) is 0 Å². The molecule has 1 saturated carbocycles. The zero-order valence-electron chi connectivity index (χ0n) is 17.1. The van der Waals surface area contributed by atoms with E-state index in [9.17, 15) is 0 Å². The summed E-state index contributed by atoms with van der Waals surface area (Å²) < 4.78 is 6.38. The standard InChI is InChI=1S/C22H45OSi/c1-4-5-6-7-8-9-10-11-12-13-17-20-22(23-24(2)3)21-18-15-14-16-19-21/h21-22H,4-20H2,1-3H3. The zero-order valence-corrected chi connectivity index (χ0v) is 18.1. The second-order valence-corrected chi connectivity index (χ2v) is 10.3. The molecule has 1 atom stereocenters. The Hall–Kier alpha value is 0.177. The summed E-state index contributed by atoms with van der Waals surface area (Å²) in [4.78, 5) is 0. The maximum Gasteiger partial charge on any atom is 0.205 e. The van der Waals surface area contributed by atoms with Crippen LogP contribution in [-0.4, -0.2) is 15.1 Å². The Kier molecular flexibility index (Phi) is 14.3. The van der Waals surface area contributed by atoms with Crippen molar-refractivity contribution in [2.45, 2.75) is 135 Å². The third kappa shape index (κ3) is 11.7. The van der Waals surface area contributed by atoms with Crippen molar-refractivity contribution in [3.8, 4) is 0 Å². The Bertz CT molecular complexity index is 261. The topological polar surface area (TPSA) is 9.23 Å². The van der Waals surface area contributed by atoms with Gasteiger partial charge in [0.25, 0.3) is 0 Å². The largest absolute Gasteiger partial charge is 0.414 e. The molecule has 0 aliphatic heterocycles. The molecule has 0 saturated heterocycles. The summed E-state index contributed by atoms with van der Waals surface area (Å²) in [5.41, 5.74) is 0. The van der Waals surface area contributed by atoms with Crippen LogP contribution in [-0.2, 0) is 4.43 Å². The fraction of sp³-hybridized carbons (Fsp3) is 1.00. The van der Waals surface area contributed by atoms with Crippen LogP contribution in [0.1, 0.15) is 116 Å². The maximum atomic E-state index is 6.38. The average molecular weight is 354 g/mol. The first-order valence-electron chi connectivity index (χ1n) is 11.2. The van der Waals surface area contributed by atoms with Crippen LogP contribution < -0.4 is 0 Å². The molecular formula is C22H45OSi. The SMILES string of the molecule is CCCCCCCCCCCCCC(O[Si](C)C)C1CCCCC1. The quantitative estimate of drug-likeness (QED) is 0.215. The van der Waals surface area contributed by atoms with Gasteiger partial charge in [0, 0.05) is 6.10 Å². The number of rotatable bonds is 15. The summed E-state index contributed by atoms with van der Waals surface area (Å²) in [5.74, 6) is 0.877. The molecule has 0 amide bonds. The van der Waals surface area contributed by atoms with Crippen molar-refractivity contribution in [1.29, 1.82) is 0 Å². The predicted molar refractivity (Wildman–Crippen MR) is 110 cm³/mol. The smallest absolute Gasteiger partial charge is 0.205 e. The first-order valence-corrected chi connectivity index (χ1v) is 13.6. The van der Waals surface area contributed by atoms with Crippen LogP contribution in [0.15, 0.2) is 0 Å². The van der Waals surface area contributed by atoms with E-state index in [2.05, 4.69) is 20.0 Å². The minimum Gasteiger partial charge on any atom is -0.414 e. The molecule has 1 aliphatic carbocycles. The minimum absolute atomic E-state index is 0.545. The lowest BCUT2D eigenvalue weighted by molar-refractivity contribution is 0.0969. The lowest BCUT2D eigenvalue weighted by atomic mass is 9.83. The highest BCUT2D eigenvalue weighted by Gasteiger charge is 2.24. The number of hydrogen-bond donors (Lipinski definition) is 0. The van der Waals surface area contributed by atoms with E-state index in [1.807, 2.05) is 0 Å². The van der Waals surface area contributed by atoms with E-state index < -0.39 is 9.04 Å². The van der Waals surface area contributed by atoms with Gasteiger partial charge in [-0.05, 0) is 38.3 Å². The molecule has 1 rings (SSSR count). The molecule has 2 heteroatoms. The van der Waals surface area contributed by atoms with Crippen molar-refractivity contribution < 1.29 is 4.43 Å². The van der Waals surface area contributed by atoms with Crippen LogP contribution in [0, 0.1) is 5.92 Å². The van der Waals surface area contributed by atoms with Crippen LogP contribution in [0.25, 0.3) is 0 Å². The first kappa shape index (κ1) is 22.2. The third-order valence-electron chi connectivity index (χ3n) is 5.65. The molecule has 0 aromatic heterocycles. The van der Waals surface area contributed by atoms with Crippen LogP contribution >= 0.6 is 0 Å². The molecular weight excluding hydrogens is 308 g/mol. The van der Waals surface area contributed by atoms with E-state index in [4.69, 9.17) is 4.43 Å². The van der Waals surface area contributed by atoms with Crippen LogP contribution in [0.4, 0.5) is 0 Å². The second kappa shape index (κ2) is 15.4. The van der Waals surface area contributed by atoms with Crippen molar-refractivity contribution in [3.63, 3.8) is 0 Å². The monoisotopic (exact) mass is 353 g/mol. The summed E-state index contributed by atoms with van der Waals surface area (Å²) in [6.07, 6.45) is 25.0. The number of hydrogen-bond acceptors (Lipinski definition) is 1. The molecule has 0 aromatic carbocycles. The Morgan fingerprint density at radius 3 is 1.75 bits per heavy atom. The summed E-state index contributed by atoms with van der Waals surface area (Å²) in [7, 11) is -0.545. The van der Waals surface area contributed by atoms with Crippen LogP contribution in [0.5, 0.6) is 0 Å².